The van der Waals surface area contributed by atoms with Gasteiger partial charge in [-0.25, -0.2) is 17.9 Å². The van der Waals surface area contributed by atoms with E-state index in [1.165, 1.54) is 31.4 Å². The fraction of sp³-hybridized carbons (Fsp3) is 0.176. The van der Waals surface area contributed by atoms with E-state index < -0.39 is 16.0 Å². The third kappa shape index (κ3) is 4.18. The Bertz CT molecular complexity index is 977. The van der Waals surface area contributed by atoms with Crippen LogP contribution in [0.1, 0.15) is 10.4 Å². The molecule has 0 saturated heterocycles. The van der Waals surface area contributed by atoms with Crippen LogP contribution in [0.25, 0.3) is 10.6 Å². The highest BCUT2D eigenvalue weighted by Crippen LogP contribution is 2.22. The number of hydrogen-bond donors (Lipinski definition) is 1. The minimum absolute atomic E-state index is 0.0879. The monoisotopic (exact) mass is 391 g/mol. The summed E-state index contributed by atoms with van der Waals surface area (Å²) >= 11 is 1.60. The Hall–Kier alpha value is -2.49. The first-order valence-corrected chi connectivity index (χ1v) is 10.1. The van der Waals surface area contributed by atoms with Gasteiger partial charge in [0.05, 0.1) is 29.0 Å². The van der Waals surface area contributed by atoms with Gasteiger partial charge in [-0.1, -0.05) is 6.07 Å². The molecule has 0 spiro atoms. The second-order valence-corrected chi connectivity index (χ2v) is 8.07. The number of benzene rings is 1. The van der Waals surface area contributed by atoms with Crippen molar-refractivity contribution in [3.8, 4) is 10.6 Å². The third-order valence-electron chi connectivity index (χ3n) is 3.63. The van der Waals surface area contributed by atoms with Crippen LogP contribution in [0.15, 0.2) is 58.9 Å². The maximum Gasteiger partial charge on any atom is 0.337 e. The van der Waals surface area contributed by atoms with Gasteiger partial charge >= 0.3 is 5.97 Å². The summed E-state index contributed by atoms with van der Waals surface area (Å²) in [7, 11) is -2.39. The van der Waals surface area contributed by atoms with Crippen LogP contribution in [0.5, 0.6) is 0 Å². The van der Waals surface area contributed by atoms with E-state index in [-0.39, 0.29) is 11.4 Å². The molecule has 0 unspecified atom stereocenters. The van der Waals surface area contributed by atoms with Gasteiger partial charge in [0.15, 0.2) is 0 Å². The van der Waals surface area contributed by atoms with Crippen LogP contribution in [-0.4, -0.2) is 37.8 Å². The number of thiophene rings is 1. The topological polar surface area (TPSA) is 90.3 Å². The van der Waals surface area contributed by atoms with Gasteiger partial charge in [-0.15, -0.1) is 11.3 Å². The first-order chi connectivity index (χ1) is 12.5. The summed E-state index contributed by atoms with van der Waals surface area (Å²) in [5.41, 5.74) is 1.16. The maximum atomic E-state index is 12.3. The zero-order valence-electron chi connectivity index (χ0n) is 14.0. The van der Waals surface area contributed by atoms with Gasteiger partial charge in [0, 0.05) is 12.7 Å². The lowest BCUT2D eigenvalue weighted by Crippen LogP contribution is -2.27. The molecule has 0 aliphatic heterocycles. The van der Waals surface area contributed by atoms with Crippen LogP contribution >= 0.6 is 11.3 Å². The molecule has 0 radical (unpaired) electrons. The van der Waals surface area contributed by atoms with Crippen LogP contribution < -0.4 is 4.72 Å². The molecule has 136 valence electrons. The van der Waals surface area contributed by atoms with Crippen molar-refractivity contribution in [1.82, 2.24) is 14.5 Å². The molecule has 0 aliphatic rings. The molecule has 1 aromatic carbocycles. The summed E-state index contributed by atoms with van der Waals surface area (Å²) in [5, 5.41) is 6.41. The van der Waals surface area contributed by atoms with E-state index in [1.54, 1.807) is 16.0 Å². The molecule has 0 atom stereocenters. The number of esters is 1. The molecule has 2 aromatic heterocycles. The quantitative estimate of drug-likeness (QED) is 0.625. The van der Waals surface area contributed by atoms with Gasteiger partial charge in [-0.3, -0.25) is 4.68 Å². The molecule has 0 aliphatic carbocycles. The summed E-state index contributed by atoms with van der Waals surface area (Å²) in [4.78, 5) is 12.5. The van der Waals surface area contributed by atoms with Crippen molar-refractivity contribution in [3.63, 3.8) is 0 Å². The van der Waals surface area contributed by atoms with E-state index >= 15 is 0 Å². The van der Waals surface area contributed by atoms with Crippen molar-refractivity contribution in [2.24, 2.45) is 0 Å². The molecule has 0 amide bonds. The first-order valence-electron chi connectivity index (χ1n) is 7.75. The fourth-order valence-corrected chi connectivity index (χ4v) is 4.02. The van der Waals surface area contributed by atoms with E-state index in [9.17, 15) is 13.2 Å². The van der Waals surface area contributed by atoms with Gasteiger partial charge < -0.3 is 4.74 Å². The molecule has 9 heteroatoms. The molecular weight excluding hydrogens is 374 g/mol. The Morgan fingerprint density at radius 3 is 2.65 bits per heavy atom. The molecule has 3 rings (SSSR count). The number of sulfonamides is 1. The van der Waals surface area contributed by atoms with E-state index in [4.69, 9.17) is 0 Å². The number of methoxy groups -OCH3 is 1. The van der Waals surface area contributed by atoms with Crippen molar-refractivity contribution in [1.29, 1.82) is 0 Å². The van der Waals surface area contributed by atoms with Gasteiger partial charge in [0.25, 0.3) is 0 Å². The highest BCUT2D eigenvalue weighted by Gasteiger charge is 2.15. The second kappa shape index (κ2) is 7.81. The standard InChI is InChI=1S/C17H17N3O4S2/c1-24-17(21)13-4-6-14(7-5-13)26(22,23)18-9-11-20-10-8-15(19-20)16-3-2-12-25-16/h2-8,10,12,18H,9,11H2,1H3. The summed E-state index contributed by atoms with van der Waals surface area (Å²) in [6.07, 6.45) is 1.81. The number of carbonyl (C=O) groups is 1. The number of hydrogen-bond acceptors (Lipinski definition) is 6. The number of ether oxygens (including phenoxy) is 1. The van der Waals surface area contributed by atoms with Gasteiger partial charge in [-0.2, -0.15) is 5.10 Å². The molecule has 1 N–H and O–H groups in total. The number of rotatable bonds is 7. The first kappa shape index (κ1) is 18.3. The van der Waals surface area contributed by atoms with E-state index in [1.807, 2.05) is 29.8 Å². The van der Waals surface area contributed by atoms with Gasteiger partial charge in [0.2, 0.25) is 10.0 Å². The number of aromatic nitrogens is 2. The van der Waals surface area contributed by atoms with Crippen molar-refractivity contribution in [2.45, 2.75) is 11.4 Å². The molecule has 7 nitrogen and oxygen atoms in total. The van der Waals surface area contributed by atoms with E-state index in [2.05, 4.69) is 14.6 Å². The Morgan fingerprint density at radius 2 is 2.00 bits per heavy atom. The summed E-state index contributed by atoms with van der Waals surface area (Å²) < 4.78 is 33.4. The zero-order valence-corrected chi connectivity index (χ0v) is 15.6. The second-order valence-electron chi connectivity index (χ2n) is 5.36. The molecular formula is C17H17N3O4S2. The molecule has 3 aromatic rings. The van der Waals surface area contributed by atoms with Gasteiger partial charge in [0.1, 0.15) is 5.69 Å². The fourth-order valence-electron chi connectivity index (χ4n) is 2.31. The highest BCUT2D eigenvalue weighted by atomic mass is 32.2. The van der Waals surface area contributed by atoms with Gasteiger partial charge in [-0.05, 0) is 41.8 Å². The number of carbonyl (C=O) groups excluding carboxylic acids is 1. The average Bonchev–Trinajstić information content (AvgIpc) is 3.32. The minimum Gasteiger partial charge on any atom is -0.465 e. The smallest absolute Gasteiger partial charge is 0.337 e. The van der Waals surface area contributed by atoms with Crippen molar-refractivity contribution < 1.29 is 17.9 Å². The number of nitrogens with zero attached hydrogens (tertiary/aromatic N) is 2. The largest absolute Gasteiger partial charge is 0.465 e. The summed E-state index contributed by atoms with van der Waals surface area (Å²) in [6, 6.07) is 11.4. The summed E-state index contributed by atoms with van der Waals surface area (Å²) in [6.45, 7) is 0.609. The van der Waals surface area contributed by atoms with Crippen molar-refractivity contribution in [2.75, 3.05) is 13.7 Å². The lowest BCUT2D eigenvalue weighted by molar-refractivity contribution is 0.0600. The minimum atomic E-state index is -3.66. The van der Waals surface area contributed by atoms with E-state index in [0.717, 1.165) is 10.6 Å². The maximum absolute atomic E-state index is 12.3. The van der Waals surface area contributed by atoms with Crippen molar-refractivity contribution in [3.05, 3.63) is 59.6 Å². The molecule has 0 bridgehead atoms. The Balaban J connectivity index is 1.59. The van der Waals surface area contributed by atoms with Crippen LogP contribution in [-0.2, 0) is 21.3 Å². The van der Waals surface area contributed by atoms with Crippen LogP contribution in [0.2, 0.25) is 0 Å². The Morgan fingerprint density at radius 1 is 1.23 bits per heavy atom. The predicted molar refractivity (Wildman–Crippen MR) is 98.5 cm³/mol. The van der Waals surface area contributed by atoms with E-state index in [0.29, 0.717) is 12.1 Å². The average molecular weight is 391 g/mol. The SMILES string of the molecule is COC(=O)c1ccc(S(=O)(=O)NCCn2ccc(-c3cccs3)n2)cc1. The zero-order chi connectivity index (χ0) is 18.6. The molecule has 0 fully saturated rings. The molecule has 26 heavy (non-hydrogen) atoms. The van der Waals surface area contributed by atoms with Crippen LogP contribution in [0.3, 0.4) is 0 Å². The lowest BCUT2D eigenvalue weighted by atomic mass is 10.2. The number of nitrogens with one attached hydrogen (secondary N) is 1. The molecule has 2 heterocycles. The van der Waals surface area contributed by atoms with Crippen LogP contribution in [0, 0.1) is 0 Å². The predicted octanol–water partition coefficient (Wildman–Crippen LogP) is 2.38. The lowest BCUT2D eigenvalue weighted by Gasteiger charge is -2.07. The normalized spacial score (nSPS) is 11.4. The van der Waals surface area contributed by atoms with Crippen molar-refractivity contribution >= 4 is 27.3 Å². The Kier molecular flexibility index (Phi) is 5.50. The van der Waals surface area contributed by atoms with Crippen LogP contribution in [0.4, 0.5) is 0 Å². The Labute approximate surface area is 155 Å². The molecule has 0 saturated carbocycles. The summed E-state index contributed by atoms with van der Waals surface area (Å²) in [5.74, 6) is -0.512. The third-order valence-corrected chi connectivity index (χ3v) is 6.00. The highest BCUT2D eigenvalue weighted by molar-refractivity contribution is 7.89.